The summed E-state index contributed by atoms with van der Waals surface area (Å²) in [4.78, 5) is 37.6. The zero-order chi connectivity index (χ0) is 17.7. The summed E-state index contributed by atoms with van der Waals surface area (Å²) in [6.45, 7) is 5.68. The molecule has 6 nitrogen and oxygen atoms in total. The molecule has 1 aliphatic heterocycles. The highest BCUT2D eigenvalue weighted by molar-refractivity contribution is 9.10. The molecule has 1 aromatic rings. The molecule has 0 spiro atoms. The molecule has 138 valence electrons. The smallest absolute Gasteiger partial charge is 0.261 e. The number of halogens is 2. The molecule has 1 atom stereocenters. The Hall–Kier alpha value is -1.44. The van der Waals surface area contributed by atoms with Gasteiger partial charge in [-0.25, -0.2) is 0 Å². The van der Waals surface area contributed by atoms with Gasteiger partial charge in [0.2, 0.25) is 5.91 Å². The minimum absolute atomic E-state index is 0. The molecule has 1 aromatic carbocycles. The molecule has 3 amide bonds. The summed E-state index contributed by atoms with van der Waals surface area (Å²) in [6.07, 6.45) is 0.740. The van der Waals surface area contributed by atoms with Crippen LogP contribution in [0.4, 0.5) is 0 Å². The van der Waals surface area contributed by atoms with Gasteiger partial charge >= 0.3 is 0 Å². The van der Waals surface area contributed by atoms with Crippen LogP contribution in [0, 0.1) is 0 Å². The number of nitrogens with one attached hydrogen (secondary N) is 2. The summed E-state index contributed by atoms with van der Waals surface area (Å²) in [6, 6.07) is 5.26. The number of imide groups is 1. The molecule has 0 bridgehead atoms. The molecule has 0 aliphatic carbocycles. The minimum Gasteiger partial charge on any atom is -0.355 e. The van der Waals surface area contributed by atoms with Crippen molar-refractivity contribution in [2.45, 2.75) is 32.7 Å². The van der Waals surface area contributed by atoms with E-state index in [-0.39, 0.29) is 49.1 Å². The quantitative estimate of drug-likeness (QED) is 0.618. The number of hydrogen-bond acceptors (Lipinski definition) is 4. The highest BCUT2D eigenvalue weighted by Gasteiger charge is 2.35. The Balaban J connectivity index is 0.00000312. The molecule has 8 heteroatoms. The fourth-order valence-electron chi connectivity index (χ4n) is 2.64. The van der Waals surface area contributed by atoms with Gasteiger partial charge in [0.15, 0.2) is 0 Å². The zero-order valence-electron chi connectivity index (χ0n) is 14.3. The number of nitrogens with zero attached hydrogens (tertiary/aromatic N) is 1. The van der Waals surface area contributed by atoms with Crippen molar-refractivity contribution in [3.8, 4) is 0 Å². The first kappa shape index (κ1) is 21.6. The molecule has 2 rings (SSSR count). The Morgan fingerprint density at radius 1 is 1.24 bits per heavy atom. The second-order valence-electron chi connectivity index (χ2n) is 5.82. The first-order chi connectivity index (χ1) is 11.4. The van der Waals surface area contributed by atoms with E-state index in [0.29, 0.717) is 24.1 Å². The van der Waals surface area contributed by atoms with Gasteiger partial charge in [-0.15, -0.1) is 12.4 Å². The van der Waals surface area contributed by atoms with Gasteiger partial charge in [0, 0.05) is 30.0 Å². The molecule has 25 heavy (non-hydrogen) atoms. The predicted octanol–water partition coefficient (Wildman–Crippen LogP) is 2.36. The molecule has 2 N–H and O–H groups in total. The van der Waals surface area contributed by atoms with Gasteiger partial charge < -0.3 is 10.6 Å². The third-order valence-electron chi connectivity index (χ3n) is 3.88. The predicted molar refractivity (Wildman–Crippen MR) is 102 cm³/mol. The molecule has 0 fully saturated rings. The summed E-state index contributed by atoms with van der Waals surface area (Å²) in [5.41, 5.74) is 0.838. The maximum atomic E-state index is 12.3. The van der Waals surface area contributed by atoms with Crippen LogP contribution in [0.5, 0.6) is 0 Å². The number of rotatable bonds is 8. The number of carbonyl (C=O) groups excluding carboxylic acids is 3. The normalized spacial score (nSPS) is 14.1. The van der Waals surface area contributed by atoms with Gasteiger partial charge in [-0.2, -0.15) is 0 Å². The van der Waals surface area contributed by atoms with Gasteiger partial charge in [-0.1, -0.05) is 22.9 Å². The minimum atomic E-state index is -0.294. The van der Waals surface area contributed by atoms with Crippen LogP contribution >= 0.6 is 28.3 Å². The highest BCUT2D eigenvalue weighted by atomic mass is 79.9. The number of benzene rings is 1. The lowest BCUT2D eigenvalue weighted by Gasteiger charge is -2.15. The zero-order valence-corrected chi connectivity index (χ0v) is 16.7. The third kappa shape index (κ3) is 5.52. The number of carbonyl (C=O) groups is 3. The van der Waals surface area contributed by atoms with Crippen LogP contribution in [-0.2, 0) is 4.79 Å². The maximum absolute atomic E-state index is 12.3. The van der Waals surface area contributed by atoms with E-state index in [1.807, 2.05) is 13.8 Å². The van der Waals surface area contributed by atoms with E-state index >= 15 is 0 Å². The van der Waals surface area contributed by atoms with E-state index < -0.39 is 0 Å². The van der Waals surface area contributed by atoms with E-state index in [1.165, 1.54) is 4.90 Å². The first-order valence-corrected chi connectivity index (χ1v) is 8.89. The van der Waals surface area contributed by atoms with Crippen molar-refractivity contribution >= 4 is 46.1 Å². The Morgan fingerprint density at radius 2 is 1.92 bits per heavy atom. The van der Waals surface area contributed by atoms with Crippen LogP contribution in [-0.4, -0.2) is 48.3 Å². The number of fused-ring (bicyclic) bond motifs is 1. The molecule has 0 unspecified atom stereocenters. The van der Waals surface area contributed by atoms with Crippen molar-refractivity contribution in [1.82, 2.24) is 15.5 Å². The molecule has 0 saturated heterocycles. The number of hydrogen-bond donors (Lipinski definition) is 2. The Kier molecular flexibility index (Phi) is 8.55. The van der Waals surface area contributed by atoms with Crippen molar-refractivity contribution < 1.29 is 14.4 Å². The largest absolute Gasteiger partial charge is 0.355 e. The molecule has 0 saturated carbocycles. The molecule has 1 aliphatic rings. The molecular formula is C17H23BrClN3O3. The van der Waals surface area contributed by atoms with Crippen molar-refractivity contribution in [3.63, 3.8) is 0 Å². The topological polar surface area (TPSA) is 78.5 Å². The van der Waals surface area contributed by atoms with Crippen LogP contribution < -0.4 is 10.6 Å². The lowest BCUT2D eigenvalue weighted by Crippen LogP contribution is -2.39. The summed E-state index contributed by atoms with van der Waals surface area (Å²) in [5.74, 6) is -0.653. The summed E-state index contributed by atoms with van der Waals surface area (Å²) < 4.78 is 0.762. The van der Waals surface area contributed by atoms with Crippen LogP contribution in [0.3, 0.4) is 0 Å². The molecule has 0 aromatic heterocycles. The maximum Gasteiger partial charge on any atom is 0.261 e. The van der Waals surface area contributed by atoms with Gasteiger partial charge in [-0.05, 0) is 38.1 Å². The molecule has 1 heterocycles. The second-order valence-corrected chi connectivity index (χ2v) is 6.73. The van der Waals surface area contributed by atoms with E-state index in [0.717, 1.165) is 11.0 Å². The fourth-order valence-corrected chi connectivity index (χ4v) is 3.00. The first-order valence-electron chi connectivity index (χ1n) is 8.09. The monoisotopic (exact) mass is 431 g/mol. The number of amides is 3. The average molecular weight is 433 g/mol. The Morgan fingerprint density at radius 3 is 2.60 bits per heavy atom. The summed E-state index contributed by atoms with van der Waals surface area (Å²) >= 11 is 3.30. The van der Waals surface area contributed by atoms with Gasteiger partial charge in [0.1, 0.15) is 0 Å². The van der Waals surface area contributed by atoms with Crippen molar-refractivity contribution in [2.75, 3.05) is 19.6 Å². The van der Waals surface area contributed by atoms with E-state index in [9.17, 15) is 14.4 Å². The van der Waals surface area contributed by atoms with Crippen LogP contribution in [0.2, 0.25) is 0 Å². The SMILES string of the molecule is CCN[C@H](C)CNC(=O)CCCN1C(=O)c2ccc(Br)cc2C1=O.Cl. The van der Waals surface area contributed by atoms with Gasteiger partial charge in [-0.3, -0.25) is 19.3 Å². The van der Waals surface area contributed by atoms with Crippen LogP contribution in [0.25, 0.3) is 0 Å². The van der Waals surface area contributed by atoms with Crippen LogP contribution in [0.1, 0.15) is 47.4 Å². The molecule has 0 radical (unpaired) electrons. The number of likely N-dealkylation sites (N-methyl/N-ethyl adjacent to an activating group) is 1. The lowest BCUT2D eigenvalue weighted by molar-refractivity contribution is -0.121. The van der Waals surface area contributed by atoms with Crippen molar-refractivity contribution in [1.29, 1.82) is 0 Å². The fraction of sp³-hybridized carbons (Fsp3) is 0.471. The van der Waals surface area contributed by atoms with Crippen molar-refractivity contribution in [2.24, 2.45) is 0 Å². The average Bonchev–Trinajstić information content (AvgIpc) is 2.77. The third-order valence-corrected chi connectivity index (χ3v) is 4.37. The highest BCUT2D eigenvalue weighted by Crippen LogP contribution is 2.26. The van der Waals surface area contributed by atoms with E-state index in [2.05, 4.69) is 26.6 Å². The summed E-state index contributed by atoms with van der Waals surface area (Å²) in [7, 11) is 0. The Labute approximate surface area is 162 Å². The molecular weight excluding hydrogens is 410 g/mol. The van der Waals surface area contributed by atoms with Crippen molar-refractivity contribution in [3.05, 3.63) is 33.8 Å². The standard InChI is InChI=1S/C17H22BrN3O3.ClH/c1-3-19-11(2)10-20-15(22)5-4-8-21-16(23)13-7-6-12(18)9-14(13)17(21)24;/h6-7,9,11,19H,3-5,8,10H2,1-2H3,(H,20,22);1H/t11-;/m1./s1. The van der Waals surface area contributed by atoms with Crippen LogP contribution in [0.15, 0.2) is 22.7 Å². The van der Waals surface area contributed by atoms with Gasteiger partial charge in [0.05, 0.1) is 11.1 Å². The van der Waals surface area contributed by atoms with Gasteiger partial charge in [0.25, 0.3) is 11.8 Å². The lowest BCUT2D eigenvalue weighted by atomic mass is 10.1. The van der Waals surface area contributed by atoms with E-state index in [4.69, 9.17) is 0 Å². The summed E-state index contributed by atoms with van der Waals surface area (Å²) in [5, 5.41) is 6.06. The second kappa shape index (κ2) is 9.89. The van der Waals surface area contributed by atoms with E-state index in [1.54, 1.807) is 18.2 Å². The Bertz CT molecular complexity index is 654.